The highest BCUT2D eigenvalue weighted by Gasteiger charge is 2.38. The van der Waals surface area contributed by atoms with Crippen LogP contribution in [0.4, 0.5) is 5.69 Å². The molecule has 1 aliphatic rings. The van der Waals surface area contributed by atoms with E-state index in [-0.39, 0.29) is 11.7 Å². The first-order chi connectivity index (χ1) is 13.5. The Morgan fingerprint density at radius 1 is 1.21 bits per heavy atom. The Bertz CT molecular complexity index is 960. The number of aliphatic imine (C=N–C) groups is 1. The molecule has 5 nitrogen and oxygen atoms in total. The van der Waals surface area contributed by atoms with E-state index in [2.05, 4.69) is 16.4 Å². The number of allylic oxidation sites excluding steroid dienone is 1. The number of anilines is 1. The molecule has 2 aromatic rings. The number of hydrogen-bond donors (Lipinski definition) is 2. The molecule has 0 saturated carbocycles. The fourth-order valence-corrected chi connectivity index (χ4v) is 4.16. The summed E-state index contributed by atoms with van der Waals surface area (Å²) >= 11 is 1.52. The van der Waals surface area contributed by atoms with Crippen LogP contribution in [0.2, 0.25) is 0 Å². The van der Waals surface area contributed by atoms with Crippen molar-refractivity contribution < 1.29 is 9.90 Å². The maximum Gasteiger partial charge on any atom is 0.254 e. The molecule has 2 aromatic carbocycles. The largest absolute Gasteiger partial charge is 0.508 e. The van der Waals surface area contributed by atoms with Crippen LogP contribution in [-0.2, 0) is 4.79 Å². The molecule has 142 valence electrons. The number of hydrogen-bond acceptors (Lipinski definition) is 5. The number of benzene rings is 2. The Balaban J connectivity index is 2.08. The molecule has 0 radical (unpaired) electrons. The van der Waals surface area contributed by atoms with Crippen molar-refractivity contribution in [3.8, 4) is 11.8 Å². The van der Waals surface area contributed by atoms with Gasteiger partial charge in [-0.15, -0.1) is 11.8 Å². The van der Waals surface area contributed by atoms with Crippen molar-refractivity contribution in [2.75, 3.05) is 11.1 Å². The SMILES string of the molecule is CCSC1=NC(C)=C(C(=O)Nc2ccccc2)[C@@H](c2ccc(O)cc2)C1C#N. The second-order valence-corrected chi connectivity index (χ2v) is 7.66. The number of para-hydroxylation sites is 1. The molecular formula is C22H21N3O2S. The molecule has 2 atom stereocenters. The summed E-state index contributed by atoms with van der Waals surface area (Å²) in [7, 11) is 0. The molecule has 1 aliphatic heterocycles. The number of nitrogens with zero attached hydrogens (tertiary/aromatic N) is 2. The number of nitriles is 1. The number of carbonyl (C=O) groups excluding carboxylic acids is 1. The van der Waals surface area contributed by atoms with Crippen LogP contribution in [0.15, 0.2) is 70.9 Å². The first-order valence-corrected chi connectivity index (χ1v) is 10.0. The average Bonchev–Trinajstić information content (AvgIpc) is 2.69. The summed E-state index contributed by atoms with van der Waals surface area (Å²) in [5, 5.41) is 23.2. The molecule has 0 saturated heterocycles. The Labute approximate surface area is 168 Å². The molecule has 6 heteroatoms. The third kappa shape index (κ3) is 4.10. The zero-order valence-corrected chi connectivity index (χ0v) is 16.5. The summed E-state index contributed by atoms with van der Waals surface area (Å²) in [4.78, 5) is 17.7. The lowest BCUT2D eigenvalue weighted by Gasteiger charge is -2.30. The van der Waals surface area contributed by atoms with Gasteiger partial charge in [-0.1, -0.05) is 37.3 Å². The number of rotatable bonds is 4. The van der Waals surface area contributed by atoms with Crippen LogP contribution < -0.4 is 5.32 Å². The zero-order valence-electron chi connectivity index (χ0n) is 15.7. The Morgan fingerprint density at radius 3 is 2.50 bits per heavy atom. The van der Waals surface area contributed by atoms with Gasteiger partial charge in [0.2, 0.25) is 0 Å². The first-order valence-electron chi connectivity index (χ1n) is 9.02. The number of phenols is 1. The normalized spacial score (nSPS) is 19.0. The van der Waals surface area contributed by atoms with Gasteiger partial charge in [-0.05, 0) is 42.5 Å². The molecule has 1 unspecified atom stereocenters. The van der Waals surface area contributed by atoms with Crippen molar-refractivity contribution in [2.45, 2.75) is 19.8 Å². The minimum atomic E-state index is -0.560. The highest BCUT2D eigenvalue weighted by molar-refractivity contribution is 8.14. The summed E-state index contributed by atoms with van der Waals surface area (Å²) in [6.07, 6.45) is 0. The zero-order chi connectivity index (χ0) is 20.1. The van der Waals surface area contributed by atoms with E-state index in [0.717, 1.165) is 16.4 Å². The lowest BCUT2D eigenvalue weighted by atomic mass is 9.78. The number of amides is 1. The molecule has 0 spiro atoms. The van der Waals surface area contributed by atoms with Gasteiger partial charge in [-0.2, -0.15) is 5.26 Å². The van der Waals surface area contributed by atoms with Crippen LogP contribution in [0.25, 0.3) is 0 Å². The van der Waals surface area contributed by atoms with Crippen molar-refractivity contribution in [3.05, 3.63) is 71.4 Å². The molecule has 0 fully saturated rings. The molecule has 28 heavy (non-hydrogen) atoms. The second-order valence-electron chi connectivity index (χ2n) is 6.38. The predicted octanol–water partition coefficient (Wildman–Crippen LogP) is 4.69. The van der Waals surface area contributed by atoms with Crippen molar-refractivity contribution >= 4 is 28.4 Å². The summed E-state index contributed by atoms with van der Waals surface area (Å²) < 4.78 is 0. The molecule has 1 heterocycles. The second kappa shape index (κ2) is 8.77. The van der Waals surface area contributed by atoms with E-state index in [9.17, 15) is 15.2 Å². The van der Waals surface area contributed by atoms with E-state index in [1.54, 1.807) is 31.2 Å². The van der Waals surface area contributed by atoms with E-state index in [0.29, 0.717) is 17.0 Å². The summed E-state index contributed by atoms with van der Waals surface area (Å²) in [5.74, 6) is -0.360. The highest BCUT2D eigenvalue weighted by Crippen LogP contribution is 2.41. The minimum absolute atomic E-state index is 0.140. The smallest absolute Gasteiger partial charge is 0.254 e. The summed E-state index contributed by atoms with van der Waals surface area (Å²) in [5.41, 5.74) is 2.56. The van der Waals surface area contributed by atoms with Gasteiger partial charge in [0.1, 0.15) is 11.7 Å². The molecular weight excluding hydrogens is 370 g/mol. The van der Waals surface area contributed by atoms with E-state index in [1.165, 1.54) is 11.8 Å². The highest BCUT2D eigenvalue weighted by atomic mass is 32.2. The summed E-state index contributed by atoms with van der Waals surface area (Å²) in [6.45, 7) is 3.81. The third-order valence-corrected chi connectivity index (χ3v) is 5.47. The lowest BCUT2D eigenvalue weighted by Crippen LogP contribution is -2.31. The average molecular weight is 391 g/mol. The predicted molar refractivity (Wildman–Crippen MR) is 113 cm³/mol. The van der Waals surface area contributed by atoms with E-state index >= 15 is 0 Å². The Kier molecular flexibility index (Phi) is 6.17. The van der Waals surface area contributed by atoms with Gasteiger partial charge in [-0.25, -0.2) is 4.99 Å². The van der Waals surface area contributed by atoms with E-state index < -0.39 is 11.8 Å². The van der Waals surface area contributed by atoms with Crippen LogP contribution >= 0.6 is 11.8 Å². The number of carbonyl (C=O) groups is 1. The molecule has 2 N–H and O–H groups in total. The van der Waals surface area contributed by atoms with E-state index in [1.807, 2.05) is 37.3 Å². The van der Waals surface area contributed by atoms with Crippen molar-refractivity contribution in [1.29, 1.82) is 5.26 Å². The summed E-state index contributed by atoms with van der Waals surface area (Å²) in [6, 6.07) is 18.2. The molecule has 1 amide bonds. The minimum Gasteiger partial charge on any atom is -0.508 e. The fraction of sp³-hybridized carbons (Fsp3) is 0.227. The van der Waals surface area contributed by atoms with Gasteiger partial charge in [0.05, 0.1) is 11.1 Å². The van der Waals surface area contributed by atoms with Crippen molar-refractivity contribution in [3.63, 3.8) is 0 Å². The van der Waals surface area contributed by atoms with Crippen LogP contribution in [-0.4, -0.2) is 21.8 Å². The van der Waals surface area contributed by atoms with Gasteiger partial charge >= 0.3 is 0 Å². The third-order valence-electron chi connectivity index (χ3n) is 4.54. The number of thioether (sulfide) groups is 1. The maximum absolute atomic E-state index is 13.2. The van der Waals surface area contributed by atoms with Crippen LogP contribution in [0, 0.1) is 17.2 Å². The van der Waals surface area contributed by atoms with Crippen molar-refractivity contribution in [1.82, 2.24) is 0 Å². The topological polar surface area (TPSA) is 85.5 Å². The Hall–Kier alpha value is -3.04. The van der Waals surface area contributed by atoms with Gasteiger partial charge in [0, 0.05) is 22.9 Å². The monoisotopic (exact) mass is 391 g/mol. The van der Waals surface area contributed by atoms with Gasteiger partial charge < -0.3 is 10.4 Å². The molecule has 0 aliphatic carbocycles. The number of phenolic OH excluding ortho intramolecular Hbond substituents is 1. The van der Waals surface area contributed by atoms with Crippen LogP contribution in [0.1, 0.15) is 25.3 Å². The van der Waals surface area contributed by atoms with Gasteiger partial charge in [0.15, 0.2) is 0 Å². The number of aromatic hydroxyl groups is 1. The molecule has 3 rings (SSSR count). The fourth-order valence-electron chi connectivity index (χ4n) is 3.30. The molecule has 0 aromatic heterocycles. The standard InChI is InChI=1S/C22H21N3O2S/c1-3-28-22-18(13-23)20(15-9-11-17(26)12-10-15)19(14(2)24-22)21(27)25-16-7-5-4-6-8-16/h4-12,18,20,26H,3H2,1-2H3,(H,25,27)/t18?,20-/m0/s1. The van der Waals surface area contributed by atoms with E-state index in [4.69, 9.17) is 0 Å². The Morgan fingerprint density at radius 2 is 1.89 bits per heavy atom. The lowest BCUT2D eigenvalue weighted by molar-refractivity contribution is -0.113. The van der Waals surface area contributed by atoms with Crippen LogP contribution in [0.3, 0.4) is 0 Å². The first kappa shape index (κ1) is 19.7. The molecule has 0 bridgehead atoms. The van der Waals surface area contributed by atoms with Gasteiger partial charge in [0.25, 0.3) is 5.91 Å². The number of nitrogens with one attached hydrogen (secondary N) is 1. The quantitative estimate of drug-likeness (QED) is 0.791. The van der Waals surface area contributed by atoms with Crippen LogP contribution in [0.5, 0.6) is 5.75 Å². The van der Waals surface area contributed by atoms with Crippen molar-refractivity contribution in [2.24, 2.45) is 10.9 Å². The maximum atomic E-state index is 13.2. The van der Waals surface area contributed by atoms with Gasteiger partial charge in [-0.3, -0.25) is 4.79 Å².